The van der Waals surface area contributed by atoms with E-state index in [1.807, 2.05) is 0 Å². The van der Waals surface area contributed by atoms with Crippen LogP contribution >= 0.6 is 0 Å². The fraction of sp³-hybridized carbons (Fsp3) is 0.800. The van der Waals surface area contributed by atoms with Gasteiger partial charge in [0.2, 0.25) is 5.60 Å². The number of rotatable bonds is 8. The van der Waals surface area contributed by atoms with Gasteiger partial charge in [-0.1, -0.05) is 6.92 Å². The first-order chi connectivity index (χ1) is 8.02. The molecule has 0 saturated carbocycles. The normalized spacial score (nSPS) is 14.7. The zero-order chi connectivity index (χ0) is 14.6. The molecule has 0 bridgehead atoms. The molecule has 1 N–H and O–H groups in total. The van der Waals surface area contributed by atoms with E-state index in [9.17, 15) is 19.7 Å². The van der Waals surface area contributed by atoms with Crippen LogP contribution in [0.25, 0.3) is 0 Å². The molecule has 0 heterocycles. The molecule has 0 amide bonds. The molecule has 0 aliphatic heterocycles. The molecule has 104 valence electrons. The lowest BCUT2D eigenvalue weighted by Gasteiger charge is -2.35. The topological polar surface area (TPSA) is 107 Å². The van der Waals surface area contributed by atoms with E-state index in [0.717, 1.165) is 0 Å². The van der Waals surface area contributed by atoms with Crippen molar-refractivity contribution in [1.82, 2.24) is 0 Å². The van der Waals surface area contributed by atoms with Gasteiger partial charge in [-0.15, -0.1) is 10.1 Å². The fourth-order valence-electron chi connectivity index (χ4n) is 1.83. The molecule has 0 aromatic carbocycles. The Hall–Kier alpha value is -1.70. The zero-order valence-electron chi connectivity index (χ0n) is 11.0. The number of quaternary nitrogens is 1. The molecule has 0 rings (SSSR count). The maximum absolute atomic E-state index is 11.9. The van der Waals surface area contributed by atoms with Crippen molar-refractivity contribution in [2.45, 2.75) is 25.4 Å². The Kier molecular flexibility index (Phi) is 5.22. The second-order valence-corrected chi connectivity index (χ2v) is 5.10. The van der Waals surface area contributed by atoms with Crippen molar-refractivity contribution < 1.29 is 29.1 Å². The van der Waals surface area contributed by atoms with Crippen molar-refractivity contribution >= 4 is 11.8 Å². The van der Waals surface area contributed by atoms with Crippen LogP contribution in [0.15, 0.2) is 0 Å². The second-order valence-electron chi connectivity index (χ2n) is 5.10. The molecular weight excluding hydrogens is 244 g/mol. The van der Waals surface area contributed by atoms with E-state index in [4.69, 9.17) is 5.11 Å². The van der Waals surface area contributed by atoms with Crippen molar-refractivity contribution in [3.05, 3.63) is 10.1 Å². The molecule has 0 unspecified atom stereocenters. The summed E-state index contributed by atoms with van der Waals surface area (Å²) in [5, 5.41) is 18.3. The zero-order valence-corrected chi connectivity index (χ0v) is 11.0. The van der Waals surface area contributed by atoms with Gasteiger partial charge >= 0.3 is 5.97 Å². The van der Waals surface area contributed by atoms with Crippen LogP contribution in [-0.4, -0.2) is 59.7 Å². The number of Topliss-reactive ketones (excluding diaryl/α,β-unsaturated/α-hetero) is 1. The third kappa shape index (κ3) is 5.09. The number of carboxylic acids is 1. The van der Waals surface area contributed by atoms with Crippen molar-refractivity contribution in [3.8, 4) is 0 Å². The number of carbonyl (C=O) groups excluding carboxylic acids is 1. The molecule has 0 aromatic rings. The molecule has 0 spiro atoms. The Balaban J connectivity index is 5.45. The van der Waals surface area contributed by atoms with Gasteiger partial charge < -0.3 is 9.59 Å². The van der Waals surface area contributed by atoms with Crippen LogP contribution in [0.1, 0.15) is 19.8 Å². The highest BCUT2D eigenvalue weighted by atomic mass is 17.0. The number of hydrogen-bond acceptors (Lipinski definition) is 5. The number of hydrogen-bond donors (Lipinski definition) is 1. The summed E-state index contributed by atoms with van der Waals surface area (Å²) in [6.45, 7) is 1.42. The SMILES string of the molecule is CCC(=O)[C@@](CC(=O)O)(C[N+](C)(C)C)O[N+](=O)[O-]. The van der Waals surface area contributed by atoms with E-state index >= 15 is 0 Å². The maximum Gasteiger partial charge on any atom is 0.306 e. The lowest BCUT2D eigenvalue weighted by Crippen LogP contribution is -2.57. The first kappa shape index (κ1) is 16.3. The number of carbonyl (C=O) groups is 2. The average molecular weight is 263 g/mol. The minimum Gasteiger partial charge on any atom is -0.481 e. The Morgan fingerprint density at radius 2 is 1.89 bits per heavy atom. The largest absolute Gasteiger partial charge is 0.481 e. The Morgan fingerprint density at radius 1 is 1.39 bits per heavy atom. The number of ketones is 1. The summed E-state index contributed by atoms with van der Waals surface area (Å²) >= 11 is 0. The molecule has 8 heteroatoms. The third-order valence-corrected chi connectivity index (χ3v) is 2.25. The maximum atomic E-state index is 11.9. The molecule has 0 radical (unpaired) electrons. The molecule has 8 nitrogen and oxygen atoms in total. The Bertz CT molecular complexity index is 331. The van der Waals surface area contributed by atoms with E-state index < -0.39 is 28.9 Å². The van der Waals surface area contributed by atoms with E-state index in [1.54, 1.807) is 21.1 Å². The van der Waals surface area contributed by atoms with Gasteiger partial charge in [-0.3, -0.25) is 14.4 Å². The van der Waals surface area contributed by atoms with Gasteiger partial charge in [-0.2, -0.15) is 0 Å². The average Bonchev–Trinajstić information content (AvgIpc) is 2.10. The Morgan fingerprint density at radius 3 is 2.17 bits per heavy atom. The fourth-order valence-corrected chi connectivity index (χ4v) is 1.83. The standard InChI is InChI=1S/C10H18N2O6/c1-5-8(13)10(6-9(14)15,18-11(16)17)7-12(2,3)4/h5-7H2,1-4H3/p+1/t10-/m1/s1. The van der Waals surface area contributed by atoms with E-state index in [2.05, 4.69) is 4.84 Å². The van der Waals surface area contributed by atoms with Crippen LogP contribution in [-0.2, 0) is 14.4 Å². The summed E-state index contributed by atoms with van der Waals surface area (Å²) in [6, 6.07) is 0. The second kappa shape index (κ2) is 5.76. The van der Waals surface area contributed by atoms with Crippen LogP contribution in [0.3, 0.4) is 0 Å². The number of carboxylic acid groups (broad SMARTS) is 1. The summed E-state index contributed by atoms with van der Waals surface area (Å²) < 4.78 is 0.173. The monoisotopic (exact) mass is 263 g/mol. The van der Waals surface area contributed by atoms with Crippen molar-refractivity contribution in [2.24, 2.45) is 0 Å². The molecule has 1 atom stereocenters. The van der Waals surface area contributed by atoms with Gasteiger partial charge in [-0.25, -0.2) is 0 Å². The first-order valence-corrected chi connectivity index (χ1v) is 5.41. The van der Waals surface area contributed by atoms with Gasteiger partial charge in [0, 0.05) is 6.42 Å². The lowest BCUT2D eigenvalue weighted by molar-refractivity contribution is -0.889. The highest BCUT2D eigenvalue weighted by Gasteiger charge is 2.48. The third-order valence-electron chi connectivity index (χ3n) is 2.25. The minimum atomic E-state index is -1.93. The highest BCUT2D eigenvalue weighted by molar-refractivity contribution is 5.91. The summed E-state index contributed by atoms with van der Waals surface area (Å²) in [4.78, 5) is 37.7. The van der Waals surface area contributed by atoms with Crippen LogP contribution in [0, 0.1) is 10.1 Å². The number of likely N-dealkylation sites (N-methyl/N-ethyl adjacent to an activating group) is 1. The molecule has 0 fully saturated rings. The van der Waals surface area contributed by atoms with Gasteiger partial charge in [0.05, 0.1) is 27.6 Å². The summed E-state index contributed by atoms with van der Waals surface area (Å²) in [5.41, 5.74) is -1.93. The lowest BCUT2D eigenvalue weighted by atomic mass is 9.91. The molecule has 0 aliphatic rings. The molecule has 0 aliphatic carbocycles. The van der Waals surface area contributed by atoms with Crippen molar-refractivity contribution in [3.63, 3.8) is 0 Å². The summed E-state index contributed by atoms with van der Waals surface area (Å²) in [7, 11) is 5.09. The van der Waals surface area contributed by atoms with Gasteiger partial charge in [0.25, 0.3) is 5.09 Å². The predicted molar refractivity (Wildman–Crippen MR) is 61.3 cm³/mol. The quantitative estimate of drug-likeness (QED) is 0.378. The van der Waals surface area contributed by atoms with Crippen molar-refractivity contribution in [2.75, 3.05) is 27.7 Å². The minimum absolute atomic E-state index is 0.0267. The van der Waals surface area contributed by atoms with Crippen LogP contribution < -0.4 is 0 Å². The predicted octanol–water partition coefficient (Wildman–Crippen LogP) is 0.0935. The molecule has 0 saturated heterocycles. The van der Waals surface area contributed by atoms with Gasteiger partial charge in [-0.05, 0) is 0 Å². The molecule has 0 aromatic heterocycles. The van der Waals surface area contributed by atoms with E-state index in [0.29, 0.717) is 0 Å². The highest BCUT2D eigenvalue weighted by Crippen LogP contribution is 2.23. The Labute approximate surface area is 105 Å². The van der Waals surface area contributed by atoms with Crippen LogP contribution in [0.4, 0.5) is 0 Å². The van der Waals surface area contributed by atoms with Gasteiger partial charge in [0.1, 0.15) is 6.54 Å². The number of nitrogens with zero attached hydrogens (tertiary/aromatic N) is 2. The summed E-state index contributed by atoms with van der Waals surface area (Å²) in [5.74, 6) is -1.90. The van der Waals surface area contributed by atoms with Crippen LogP contribution in [0.2, 0.25) is 0 Å². The first-order valence-electron chi connectivity index (χ1n) is 5.41. The molecule has 18 heavy (non-hydrogen) atoms. The number of aliphatic carboxylic acids is 1. The van der Waals surface area contributed by atoms with Gasteiger partial charge in [0.15, 0.2) is 5.78 Å². The van der Waals surface area contributed by atoms with Crippen LogP contribution in [0.5, 0.6) is 0 Å². The smallest absolute Gasteiger partial charge is 0.306 e. The van der Waals surface area contributed by atoms with E-state index in [1.165, 1.54) is 6.92 Å². The molecular formula is C10H19N2O6+. The van der Waals surface area contributed by atoms with E-state index in [-0.39, 0.29) is 17.4 Å². The summed E-state index contributed by atoms with van der Waals surface area (Å²) in [6.07, 6.45) is -0.753. The van der Waals surface area contributed by atoms with Crippen molar-refractivity contribution in [1.29, 1.82) is 0 Å².